The van der Waals surface area contributed by atoms with Crippen LogP contribution in [0.5, 0.6) is 0 Å². The van der Waals surface area contributed by atoms with E-state index in [1.807, 2.05) is 6.92 Å². The Morgan fingerprint density at radius 2 is 2.11 bits per heavy atom. The highest BCUT2D eigenvalue weighted by Gasteiger charge is 2.19. The van der Waals surface area contributed by atoms with Gasteiger partial charge in [0.05, 0.1) is 0 Å². The van der Waals surface area contributed by atoms with E-state index in [4.69, 9.17) is 16.7 Å². The second-order valence-corrected chi connectivity index (χ2v) is 4.98. The zero-order chi connectivity index (χ0) is 14.0. The normalized spacial score (nSPS) is 10.5. The zero-order valence-electron chi connectivity index (χ0n) is 9.93. The molecule has 2 aromatic rings. The van der Waals surface area contributed by atoms with E-state index in [2.05, 4.69) is 4.98 Å². The van der Waals surface area contributed by atoms with Gasteiger partial charge < -0.3 is 10.0 Å². The lowest BCUT2D eigenvalue weighted by atomic mass is 10.3. The lowest BCUT2D eigenvalue weighted by Crippen LogP contribution is -2.15. The zero-order valence-corrected chi connectivity index (χ0v) is 11.5. The minimum Gasteiger partial charge on any atom is -0.477 e. The van der Waals surface area contributed by atoms with Crippen molar-refractivity contribution in [1.29, 1.82) is 0 Å². The molecule has 0 fully saturated rings. The van der Waals surface area contributed by atoms with Gasteiger partial charge in [-0.3, -0.25) is 0 Å². The number of hydrogen-bond donors (Lipinski definition) is 1. The Morgan fingerprint density at radius 3 is 2.58 bits per heavy atom. The summed E-state index contributed by atoms with van der Waals surface area (Å²) in [6, 6.07) is 5.89. The Morgan fingerprint density at radius 1 is 1.47 bits per heavy atom. The molecule has 1 N–H and O–H groups in total. The summed E-state index contributed by atoms with van der Waals surface area (Å²) >= 11 is 6.77. The monoisotopic (exact) mass is 300 g/mol. The van der Waals surface area contributed by atoms with Crippen LogP contribution in [0.2, 0.25) is 5.15 Å². The van der Waals surface area contributed by atoms with Crippen molar-refractivity contribution < 1.29 is 14.3 Å². The highest BCUT2D eigenvalue weighted by Crippen LogP contribution is 2.33. The predicted octanol–water partition coefficient (Wildman–Crippen LogP) is 3.79. The number of carboxylic acids is 1. The van der Waals surface area contributed by atoms with Crippen LogP contribution in [-0.2, 0) is 0 Å². The molecule has 1 heterocycles. The molecule has 4 nitrogen and oxygen atoms in total. The molecule has 0 amide bonds. The first-order valence-electron chi connectivity index (χ1n) is 5.45. The van der Waals surface area contributed by atoms with E-state index >= 15 is 0 Å². The van der Waals surface area contributed by atoms with Crippen LogP contribution in [0.15, 0.2) is 24.3 Å². The highest BCUT2D eigenvalue weighted by molar-refractivity contribution is 7.18. The van der Waals surface area contributed by atoms with Crippen LogP contribution >= 0.6 is 22.9 Å². The molecule has 7 heteroatoms. The van der Waals surface area contributed by atoms with Crippen molar-refractivity contribution in [2.75, 3.05) is 11.4 Å². The maximum atomic E-state index is 12.9. The van der Waals surface area contributed by atoms with Gasteiger partial charge in [-0.05, 0) is 31.2 Å². The maximum Gasteiger partial charge on any atom is 0.349 e. The summed E-state index contributed by atoms with van der Waals surface area (Å²) in [5.74, 6) is -1.44. The summed E-state index contributed by atoms with van der Waals surface area (Å²) in [6.07, 6.45) is 0. The van der Waals surface area contributed by atoms with E-state index in [0.29, 0.717) is 11.7 Å². The van der Waals surface area contributed by atoms with Gasteiger partial charge in [-0.1, -0.05) is 22.9 Å². The summed E-state index contributed by atoms with van der Waals surface area (Å²) in [4.78, 5) is 16.7. The van der Waals surface area contributed by atoms with Gasteiger partial charge >= 0.3 is 5.97 Å². The van der Waals surface area contributed by atoms with Crippen molar-refractivity contribution in [2.24, 2.45) is 0 Å². The Balaban J connectivity index is 2.39. The Bertz CT molecular complexity index is 600. The molecular weight excluding hydrogens is 291 g/mol. The second kappa shape index (κ2) is 5.54. The average molecular weight is 301 g/mol. The number of hydrogen-bond acceptors (Lipinski definition) is 4. The number of aromatic carboxylic acids is 1. The van der Waals surface area contributed by atoms with E-state index in [9.17, 15) is 9.18 Å². The minimum atomic E-state index is -1.11. The molecule has 0 unspecified atom stereocenters. The SMILES string of the molecule is CCN(c1ccc(F)cc1)c1nc(Cl)c(C(=O)O)s1. The molecule has 0 aliphatic rings. The van der Waals surface area contributed by atoms with Gasteiger partial charge in [-0.25, -0.2) is 14.2 Å². The fourth-order valence-corrected chi connectivity index (χ4v) is 2.80. The first-order chi connectivity index (χ1) is 9.02. The lowest BCUT2D eigenvalue weighted by molar-refractivity contribution is 0.0702. The Hall–Kier alpha value is -1.66. The lowest BCUT2D eigenvalue weighted by Gasteiger charge is -2.19. The number of carboxylic acid groups (broad SMARTS) is 1. The fraction of sp³-hybridized carbons (Fsp3) is 0.167. The topological polar surface area (TPSA) is 53.4 Å². The van der Waals surface area contributed by atoms with Crippen molar-refractivity contribution in [2.45, 2.75) is 6.92 Å². The number of aromatic nitrogens is 1. The molecular formula is C12H10ClFN2O2S. The molecule has 1 aromatic carbocycles. The van der Waals surface area contributed by atoms with E-state index in [1.165, 1.54) is 12.1 Å². The molecule has 0 bridgehead atoms. The van der Waals surface area contributed by atoms with Gasteiger partial charge in [0.2, 0.25) is 0 Å². The molecule has 0 saturated carbocycles. The molecule has 0 aliphatic heterocycles. The van der Waals surface area contributed by atoms with Crippen LogP contribution in [0.1, 0.15) is 16.6 Å². The van der Waals surface area contributed by atoms with E-state index in [0.717, 1.165) is 17.0 Å². The molecule has 0 atom stereocenters. The van der Waals surface area contributed by atoms with E-state index in [1.54, 1.807) is 17.0 Å². The third-order valence-corrected chi connectivity index (χ3v) is 3.91. The second-order valence-electron chi connectivity index (χ2n) is 3.64. The van der Waals surface area contributed by atoms with Crippen molar-refractivity contribution in [3.8, 4) is 0 Å². The smallest absolute Gasteiger partial charge is 0.349 e. The minimum absolute atomic E-state index is 0.00257. The number of anilines is 2. The standard InChI is InChI=1S/C12H10ClFN2O2S/c1-2-16(8-5-3-7(14)4-6-8)12-15-10(13)9(19-12)11(17)18/h3-6H,2H2,1H3,(H,17,18). The van der Waals surface area contributed by atoms with E-state index in [-0.39, 0.29) is 15.8 Å². The van der Waals surface area contributed by atoms with Crippen LogP contribution in [-0.4, -0.2) is 22.6 Å². The quantitative estimate of drug-likeness (QED) is 0.933. The number of carbonyl (C=O) groups is 1. The largest absolute Gasteiger partial charge is 0.477 e. The van der Waals surface area contributed by atoms with E-state index < -0.39 is 5.97 Å². The third-order valence-electron chi connectivity index (χ3n) is 2.45. The van der Waals surface area contributed by atoms with Gasteiger partial charge in [-0.2, -0.15) is 0 Å². The number of halogens is 2. The molecule has 0 radical (unpaired) electrons. The van der Waals surface area contributed by atoms with Crippen molar-refractivity contribution in [3.05, 3.63) is 40.1 Å². The fourth-order valence-electron chi connectivity index (χ4n) is 1.59. The molecule has 1 aromatic heterocycles. The summed E-state index contributed by atoms with van der Waals surface area (Å²) in [6.45, 7) is 2.45. The van der Waals surface area contributed by atoms with Crippen LogP contribution in [0.3, 0.4) is 0 Å². The Labute approximate surface area is 118 Å². The molecule has 0 saturated heterocycles. The summed E-state index contributed by atoms with van der Waals surface area (Å²) in [5, 5.41) is 9.39. The first kappa shape index (κ1) is 13.8. The average Bonchev–Trinajstić information content (AvgIpc) is 2.75. The van der Waals surface area contributed by atoms with Gasteiger partial charge in [0, 0.05) is 12.2 Å². The van der Waals surface area contributed by atoms with Crippen molar-refractivity contribution in [1.82, 2.24) is 4.98 Å². The van der Waals surface area contributed by atoms with Gasteiger partial charge in [0.25, 0.3) is 0 Å². The summed E-state index contributed by atoms with van der Waals surface area (Å²) in [5.41, 5.74) is 0.728. The van der Waals surface area contributed by atoms with Crippen LogP contribution in [0, 0.1) is 5.82 Å². The molecule has 19 heavy (non-hydrogen) atoms. The third kappa shape index (κ3) is 2.85. The van der Waals surface area contributed by atoms with Crippen LogP contribution in [0.4, 0.5) is 15.2 Å². The van der Waals surface area contributed by atoms with Gasteiger partial charge in [-0.15, -0.1) is 0 Å². The highest BCUT2D eigenvalue weighted by atomic mass is 35.5. The van der Waals surface area contributed by atoms with Gasteiger partial charge in [0.1, 0.15) is 5.82 Å². The van der Waals surface area contributed by atoms with Gasteiger partial charge in [0.15, 0.2) is 15.2 Å². The molecule has 0 aliphatic carbocycles. The number of thiazole rings is 1. The van der Waals surface area contributed by atoms with Crippen molar-refractivity contribution in [3.63, 3.8) is 0 Å². The number of nitrogens with zero attached hydrogens (tertiary/aromatic N) is 2. The summed E-state index contributed by atoms with van der Waals surface area (Å²) in [7, 11) is 0. The summed E-state index contributed by atoms with van der Waals surface area (Å²) < 4.78 is 12.9. The number of rotatable bonds is 4. The molecule has 0 spiro atoms. The Kier molecular flexibility index (Phi) is 4.01. The van der Waals surface area contributed by atoms with Crippen LogP contribution < -0.4 is 4.90 Å². The van der Waals surface area contributed by atoms with Crippen molar-refractivity contribution >= 4 is 39.7 Å². The predicted molar refractivity (Wildman–Crippen MR) is 73.2 cm³/mol. The molecule has 100 valence electrons. The first-order valence-corrected chi connectivity index (χ1v) is 6.65. The van der Waals surface area contributed by atoms with Crippen LogP contribution in [0.25, 0.3) is 0 Å². The number of benzene rings is 1. The maximum absolute atomic E-state index is 12.9. The molecule has 2 rings (SSSR count).